The zero-order valence-electron chi connectivity index (χ0n) is 16.5. The molecule has 4 N–H and O–H groups in total. The number of fused-ring (bicyclic) bond motifs is 1. The first-order valence-electron chi connectivity index (χ1n) is 10.3. The molecule has 152 valence electrons. The lowest BCUT2D eigenvalue weighted by Gasteiger charge is -2.33. The van der Waals surface area contributed by atoms with Crippen molar-refractivity contribution in [3.63, 3.8) is 0 Å². The lowest BCUT2D eigenvalue weighted by atomic mass is 9.81. The Morgan fingerprint density at radius 1 is 1.34 bits per heavy atom. The molecule has 0 aliphatic heterocycles. The van der Waals surface area contributed by atoms with E-state index in [9.17, 15) is 10.1 Å². The Kier molecular flexibility index (Phi) is 5.39. The number of amides is 1. The van der Waals surface area contributed by atoms with E-state index >= 15 is 0 Å². The SMILES string of the molecule is N#CC1(N(N)CC(=N)C(NC(=O)c2cc3ccccc3o2)C2CCCCC2)CC1. The van der Waals surface area contributed by atoms with Crippen LogP contribution in [0.5, 0.6) is 0 Å². The van der Waals surface area contributed by atoms with Gasteiger partial charge in [0.2, 0.25) is 0 Å². The van der Waals surface area contributed by atoms with Crippen molar-refractivity contribution in [2.24, 2.45) is 11.8 Å². The highest BCUT2D eigenvalue weighted by molar-refractivity contribution is 6.00. The Balaban J connectivity index is 1.51. The fourth-order valence-electron chi connectivity index (χ4n) is 4.28. The molecule has 0 bridgehead atoms. The number of nitrogens with one attached hydrogen (secondary N) is 2. The van der Waals surface area contributed by atoms with Crippen molar-refractivity contribution in [1.29, 1.82) is 10.7 Å². The molecule has 0 spiro atoms. The highest BCUT2D eigenvalue weighted by Crippen LogP contribution is 2.39. The van der Waals surface area contributed by atoms with Gasteiger partial charge in [0.15, 0.2) is 5.76 Å². The Hall–Kier alpha value is -2.69. The monoisotopic (exact) mass is 393 g/mol. The number of furan rings is 1. The molecule has 0 radical (unpaired) electrons. The molecule has 1 unspecified atom stereocenters. The molecular formula is C22H27N5O2. The Labute approximate surface area is 170 Å². The second-order valence-electron chi connectivity index (χ2n) is 8.29. The van der Waals surface area contributed by atoms with Crippen molar-refractivity contribution in [2.75, 3.05) is 6.54 Å². The van der Waals surface area contributed by atoms with Crippen LogP contribution in [0.25, 0.3) is 11.0 Å². The maximum absolute atomic E-state index is 12.9. The van der Waals surface area contributed by atoms with Gasteiger partial charge in [-0.1, -0.05) is 37.5 Å². The van der Waals surface area contributed by atoms with Crippen LogP contribution in [0.1, 0.15) is 55.5 Å². The fourth-order valence-corrected chi connectivity index (χ4v) is 4.28. The van der Waals surface area contributed by atoms with Gasteiger partial charge >= 0.3 is 0 Å². The molecule has 2 saturated carbocycles. The molecule has 1 aromatic heterocycles. The Morgan fingerprint density at radius 3 is 2.72 bits per heavy atom. The molecule has 1 amide bonds. The number of para-hydroxylation sites is 1. The number of hydrogen-bond donors (Lipinski definition) is 3. The predicted molar refractivity (Wildman–Crippen MR) is 110 cm³/mol. The first-order chi connectivity index (χ1) is 14.0. The van der Waals surface area contributed by atoms with Gasteiger partial charge in [-0.05, 0) is 43.7 Å². The number of nitrogens with zero attached hydrogens (tertiary/aromatic N) is 2. The van der Waals surface area contributed by atoms with Crippen LogP contribution in [0.2, 0.25) is 0 Å². The van der Waals surface area contributed by atoms with Crippen LogP contribution in [-0.4, -0.2) is 34.8 Å². The topological polar surface area (TPSA) is 119 Å². The third-order valence-electron chi connectivity index (χ3n) is 6.25. The van der Waals surface area contributed by atoms with E-state index in [-0.39, 0.29) is 24.1 Å². The summed E-state index contributed by atoms with van der Waals surface area (Å²) in [6, 6.07) is 11.1. The molecule has 2 aliphatic carbocycles. The summed E-state index contributed by atoms with van der Waals surface area (Å²) in [6.45, 7) is 0.176. The number of nitrogens with two attached hydrogens (primary N) is 1. The molecule has 7 heteroatoms. The molecule has 0 saturated heterocycles. The van der Waals surface area contributed by atoms with Crippen molar-refractivity contribution < 1.29 is 9.21 Å². The standard InChI is InChI=1S/C22H27N5O2/c23-14-22(10-11-22)27(25)13-17(24)20(15-6-2-1-3-7-15)26-21(28)19-12-16-8-4-5-9-18(16)29-19/h4-5,8-9,12,15,20,24H,1-3,6-7,10-11,13,25H2,(H,26,28). The molecule has 4 rings (SSSR count). The lowest BCUT2D eigenvalue weighted by molar-refractivity contribution is 0.0904. The molecule has 2 fully saturated rings. The molecule has 1 aromatic carbocycles. The van der Waals surface area contributed by atoms with Crippen LogP contribution in [0.15, 0.2) is 34.7 Å². The van der Waals surface area contributed by atoms with Crippen LogP contribution < -0.4 is 11.2 Å². The number of hydrogen-bond acceptors (Lipinski definition) is 6. The first-order valence-corrected chi connectivity index (χ1v) is 10.3. The van der Waals surface area contributed by atoms with Gasteiger partial charge in [-0.3, -0.25) is 10.6 Å². The third-order valence-corrected chi connectivity index (χ3v) is 6.25. The van der Waals surface area contributed by atoms with E-state index in [1.165, 1.54) is 11.4 Å². The summed E-state index contributed by atoms with van der Waals surface area (Å²) in [6.07, 6.45) is 6.80. The zero-order chi connectivity index (χ0) is 20.4. The lowest BCUT2D eigenvalue weighted by Crippen LogP contribution is -2.53. The minimum atomic E-state index is -0.647. The predicted octanol–water partition coefficient (Wildman–Crippen LogP) is 3.36. The number of carbonyl (C=O) groups is 1. The van der Waals surface area contributed by atoms with Gasteiger partial charge in [0.25, 0.3) is 5.91 Å². The molecule has 1 heterocycles. The molecule has 2 aromatic rings. The molecular weight excluding hydrogens is 366 g/mol. The first kappa shape index (κ1) is 19.6. The highest BCUT2D eigenvalue weighted by atomic mass is 16.3. The minimum absolute atomic E-state index is 0.176. The fraction of sp³-hybridized carbons (Fsp3) is 0.500. The van der Waals surface area contributed by atoms with Crippen LogP contribution >= 0.6 is 0 Å². The van der Waals surface area contributed by atoms with Gasteiger partial charge in [0.05, 0.1) is 18.7 Å². The van der Waals surface area contributed by atoms with Gasteiger partial charge in [-0.2, -0.15) is 5.26 Å². The molecule has 7 nitrogen and oxygen atoms in total. The van der Waals surface area contributed by atoms with Gasteiger partial charge in [-0.15, -0.1) is 0 Å². The second kappa shape index (κ2) is 7.97. The maximum Gasteiger partial charge on any atom is 0.287 e. The Bertz CT molecular complexity index is 917. The number of benzene rings is 1. The third kappa shape index (κ3) is 4.04. The quantitative estimate of drug-likeness (QED) is 0.378. The summed E-state index contributed by atoms with van der Waals surface area (Å²) in [5.41, 5.74) is 0.372. The second-order valence-corrected chi connectivity index (χ2v) is 8.29. The van der Waals surface area contributed by atoms with E-state index in [0.29, 0.717) is 11.3 Å². The van der Waals surface area contributed by atoms with Gasteiger partial charge in [0, 0.05) is 11.1 Å². The van der Waals surface area contributed by atoms with Crippen molar-refractivity contribution in [3.8, 4) is 6.07 Å². The minimum Gasteiger partial charge on any atom is -0.451 e. The zero-order valence-corrected chi connectivity index (χ0v) is 16.5. The normalized spacial score (nSPS) is 19.6. The van der Waals surface area contributed by atoms with E-state index in [1.54, 1.807) is 6.07 Å². The largest absolute Gasteiger partial charge is 0.451 e. The summed E-state index contributed by atoms with van der Waals surface area (Å²) < 4.78 is 5.70. The van der Waals surface area contributed by atoms with E-state index in [1.807, 2.05) is 24.3 Å². The van der Waals surface area contributed by atoms with E-state index in [4.69, 9.17) is 15.7 Å². The molecule has 2 aliphatic rings. The van der Waals surface area contributed by atoms with Crippen molar-refractivity contribution >= 4 is 22.6 Å². The number of rotatable bonds is 7. The summed E-state index contributed by atoms with van der Waals surface area (Å²) >= 11 is 0. The van der Waals surface area contributed by atoms with Crippen LogP contribution in [0.4, 0.5) is 0 Å². The van der Waals surface area contributed by atoms with Crippen LogP contribution in [0.3, 0.4) is 0 Å². The van der Waals surface area contributed by atoms with Crippen molar-refractivity contribution in [3.05, 3.63) is 36.1 Å². The smallest absolute Gasteiger partial charge is 0.287 e. The molecule has 1 atom stereocenters. The van der Waals surface area contributed by atoms with Crippen LogP contribution in [0, 0.1) is 22.7 Å². The number of carbonyl (C=O) groups excluding carboxylic acids is 1. The summed E-state index contributed by atoms with van der Waals surface area (Å²) in [5.74, 6) is 6.27. The average Bonchev–Trinajstić information content (AvgIpc) is 3.43. The maximum atomic E-state index is 12.9. The van der Waals surface area contributed by atoms with Crippen molar-refractivity contribution in [2.45, 2.75) is 56.5 Å². The van der Waals surface area contributed by atoms with E-state index in [2.05, 4.69) is 11.4 Å². The summed E-state index contributed by atoms with van der Waals surface area (Å²) in [5, 5.41) is 23.4. The van der Waals surface area contributed by atoms with E-state index in [0.717, 1.165) is 43.9 Å². The van der Waals surface area contributed by atoms with Crippen LogP contribution in [-0.2, 0) is 0 Å². The van der Waals surface area contributed by atoms with Gasteiger partial charge in [-0.25, -0.2) is 5.01 Å². The Morgan fingerprint density at radius 2 is 2.07 bits per heavy atom. The number of nitriles is 1. The number of hydrazine groups is 1. The highest BCUT2D eigenvalue weighted by Gasteiger charge is 2.48. The molecule has 29 heavy (non-hydrogen) atoms. The van der Waals surface area contributed by atoms with Gasteiger partial charge in [0.1, 0.15) is 11.1 Å². The van der Waals surface area contributed by atoms with Gasteiger partial charge < -0.3 is 15.1 Å². The summed E-state index contributed by atoms with van der Waals surface area (Å²) in [7, 11) is 0. The average molecular weight is 393 g/mol. The van der Waals surface area contributed by atoms with Crippen molar-refractivity contribution in [1.82, 2.24) is 10.3 Å². The summed E-state index contributed by atoms with van der Waals surface area (Å²) in [4.78, 5) is 12.9. The van der Waals surface area contributed by atoms with E-state index < -0.39 is 11.6 Å².